The topological polar surface area (TPSA) is 131 Å². The SMILES string of the molecule is CC(N)C(=O)NCCOCCOCCP(=O)(O)O. The largest absolute Gasteiger partial charge is 0.378 e. The Balaban J connectivity index is 3.22. The minimum atomic E-state index is -3.98. The van der Waals surface area contributed by atoms with Gasteiger partial charge in [0.25, 0.3) is 0 Å². The van der Waals surface area contributed by atoms with Crippen molar-refractivity contribution in [2.45, 2.75) is 13.0 Å². The maximum atomic E-state index is 11.0. The van der Waals surface area contributed by atoms with E-state index in [2.05, 4.69) is 5.32 Å². The van der Waals surface area contributed by atoms with Crippen LogP contribution in [0.25, 0.3) is 0 Å². The number of amides is 1. The Labute approximate surface area is 106 Å². The Morgan fingerprint density at radius 2 is 1.83 bits per heavy atom. The van der Waals surface area contributed by atoms with E-state index >= 15 is 0 Å². The number of nitrogens with two attached hydrogens (primary N) is 1. The molecule has 0 fully saturated rings. The molecule has 0 aliphatic rings. The summed E-state index contributed by atoms with van der Waals surface area (Å²) in [6.45, 7) is 2.83. The van der Waals surface area contributed by atoms with E-state index in [1.165, 1.54) is 0 Å². The molecular formula is C9H21N2O6P. The molecule has 0 aliphatic carbocycles. The van der Waals surface area contributed by atoms with Gasteiger partial charge in [-0.25, -0.2) is 0 Å². The first-order chi connectivity index (χ1) is 8.33. The van der Waals surface area contributed by atoms with Gasteiger partial charge in [0, 0.05) is 6.54 Å². The number of ether oxygens (including phenoxy) is 2. The highest BCUT2D eigenvalue weighted by Crippen LogP contribution is 2.33. The molecule has 0 aliphatic heterocycles. The number of carbonyl (C=O) groups excluding carboxylic acids is 1. The molecule has 0 saturated heterocycles. The lowest BCUT2D eigenvalue weighted by Crippen LogP contribution is -2.39. The van der Waals surface area contributed by atoms with Crippen LogP contribution in [0.5, 0.6) is 0 Å². The van der Waals surface area contributed by atoms with Gasteiger partial charge in [-0.15, -0.1) is 0 Å². The van der Waals surface area contributed by atoms with E-state index in [-0.39, 0.29) is 25.3 Å². The van der Waals surface area contributed by atoms with Crippen molar-refractivity contribution in [3.05, 3.63) is 0 Å². The van der Waals surface area contributed by atoms with Crippen molar-refractivity contribution in [3.63, 3.8) is 0 Å². The summed E-state index contributed by atoms with van der Waals surface area (Å²) < 4.78 is 20.5. The van der Waals surface area contributed by atoms with Crippen molar-refractivity contribution in [1.29, 1.82) is 0 Å². The average Bonchev–Trinajstić information content (AvgIpc) is 2.24. The van der Waals surface area contributed by atoms with Crippen LogP contribution >= 0.6 is 7.60 Å². The predicted molar refractivity (Wildman–Crippen MR) is 65.2 cm³/mol. The highest BCUT2D eigenvalue weighted by molar-refractivity contribution is 7.51. The van der Waals surface area contributed by atoms with E-state index in [9.17, 15) is 9.36 Å². The molecule has 1 unspecified atom stereocenters. The normalized spacial score (nSPS) is 13.3. The van der Waals surface area contributed by atoms with E-state index in [0.717, 1.165) is 0 Å². The second-order valence-corrected chi connectivity index (χ2v) is 5.47. The van der Waals surface area contributed by atoms with Crippen molar-refractivity contribution in [3.8, 4) is 0 Å². The molecule has 0 bridgehead atoms. The summed E-state index contributed by atoms with van der Waals surface area (Å²) in [4.78, 5) is 28.1. The van der Waals surface area contributed by atoms with Gasteiger partial charge in [-0.2, -0.15) is 0 Å². The van der Waals surface area contributed by atoms with Crippen LogP contribution in [-0.4, -0.2) is 60.9 Å². The molecule has 1 atom stereocenters. The molecule has 0 aromatic heterocycles. The van der Waals surface area contributed by atoms with Crippen molar-refractivity contribution < 1.29 is 28.6 Å². The zero-order chi connectivity index (χ0) is 14.0. The molecule has 0 aromatic rings. The minimum absolute atomic E-state index is 0.00490. The molecular weight excluding hydrogens is 263 g/mol. The predicted octanol–water partition coefficient (Wildman–Crippen LogP) is -1.34. The van der Waals surface area contributed by atoms with Gasteiger partial charge >= 0.3 is 7.60 Å². The standard InChI is InChI=1S/C9H21N2O6P/c1-8(10)9(12)11-2-3-16-4-5-17-6-7-18(13,14)15/h8H,2-7,10H2,1H3,(H,11,12)(H2,13,14,15). The molecule has 0 saturated carbocycles. The van der Waals surface area contributed by atoms with E-state index in [1.54, 1.807) is 6.92 Å². The highest BCUT2D eigenvalue weighted by atomic mass is 31.2. The summed E-state index contributed by atoms with van der Waals surface area (Å²) >= 11 is 0. The first-order valence-electron chi connectivity index (χ1n) is 5.56. The van der Waals surface area contributed by atoms with Gasteiger partial charge in [0.1, 0.15) is 0 Å². The molecule has 0 radical (unpaired) electrons. The summed E-state index contributed by atoms with van der Waals surface area (Å²) in [5.41, 5.74) is 5.33. The maximum absolute atomic E-state index is 11.0. The number of rotatable bonds is 10. The van der Waals surface area contributed by atoms with Gasteiger partial charge in [0.15, 0.2) is 0 Å². The molecule has 9 heteroatoms. The monoisotopic (exact) mass is 284 g/mol. The first-order valence-corrected chi connectivity index (χ1v) is 7.36. The lowest BCUT2D eigenvalue weighted by molar-refractivity contribution is -0.122. The molecule has 0 aromatic carbocycles. The molecule has 0 spiro atoms. The third-order valence-electron chi connectivity index (χ3n) is 1.86. The fourth-order valence-corrected chi connectivity index (χ4v) is 1.28. The Kier molecular flexibility index (Phi) is 9.17. The molecule has 18 heavy (non-hydrogen) atoms. The summed E-state index contributed by atoms with van der Waals surface area (Å²) in [6.07, 6.45) is -0.294. The number of carbonyl (C=O) groups is 1. The summed E-state index contributed by atoms with van der Waals surface area (Å²) in [5.74, 6) is -0.239. The summed E-state index contributed by atoms with van der Waals surface area (Å²) in [6, 6.07) is -0.541. The lowest BCUT2D eigenvalue weighted by atomic mass is 10.3. The van der Waals surface area contributed by atoms with E-state index < -0.39 is 13.6 Å². The number of hydrogen-bond donors (Lipinski definition) is 4. The van der Waals surface area contributed by atoms with Crippen LogP contribution < -0.4 is 11.1 Å². The molecule has 8 nitrogen and oxygen atoms in total. The van der Waals surface area contributed by atoms with Crippen LogP contribution in [0.1, 0.15) is 6.92 Å². The van der Waals surface area contributed by atoms with Crippen molar-refractivity contribution >= 4 is 13.5 Å². The van der Waals surface area contributed by atoms with Gasteiger partial charge in [0.05, 0.1) is 38.6 Å². The van der Waals surface area contributed by atoms with Crippen LogP contribution in [0.4, 0.5) is 0 Å². The Morgan fingerprint density at radius 3 is 2.33 bits per heavy atom. The Morgan fingerprint density at radius 1 is 1.28 bits per heavy atom. The maximum Gasteiger partial charge on any atom is 0.327 e. The van der Waals surface area contributed by atoms with Gasteiger partial charge in [0.2, 0.25) is 5.91 Å². The van der Waals surface area contributed by atoms with Gasteiger partial charge in [-0.05, 0) is 6.92 Å². The van der Waals surface area contributed by atoms with Crippen LogP contribution in [0.3, 0.4) is 0 Å². The van der Waals surface area contributed by atoms with Crippen LogP contribution in [-0.2, 0) is 18.8 Å². The fraction of sp³-hybridized carbons (Fsp3) is 0.889. The smallest absolute Gasteiger partial charge is 0.327 e. The first kappa shape index (κ1) is 17.5. The fourth-order valence-electron chi connectivity index (χ4n) is 0.913. The molecule has 5 N–H and O–H groups in total. The van der Waals surface area contributed by atoms with E-state index in [1.807, 2.05) is 0 Å². The van der Waals surface area contributed by atoms with E-state index in [0.29, 0.717) is 19.8 Å². The van der Waals surface area contributed by atoms with Crippen LogP contribution in [0, 0.1) is 0 Å². The Hall–Kier alpha value is -0.500. The Bertz CT molecular complexity index is 280. The second kappa shape index (κ2) is 9.43. The summed E-state index contributed by atoms with van der Waals surface area (Å²) in [5, 5.41) is 2.57. The summed E-state index contributed by atoms with van der Waals surface area (Å²) in [7, 11) is -3.98. The number of hydrogen-bond acceptors (Lipinski definition) is 5. The third-order valence-corrected chi connectivity index (χ3v) is 2.62. The van der Waals surface area contributed by atoms with Crippen molar-refractivity contribution in [2.24, 2.45) is 5.73 Å². The van der Waals surface area contributed by atoms with E-state index in [4.69, 9.17) is 25.0 Å². The molecule has 0 rings (SSSR count). The van der Waals surface area contributed by atoms with Crippen LogP contribution in [0.15, 0.2) is 0 Å². The van der Waals surface area contributed by atoms with Crippen LogP contribution in [0.2, 0.25) is 0 Å². The number of nitrogens with one attached hydrogen (secondary N) is 1. The van der Waals surface area contributed by atoms with Gasteiger partial charge in [-0.3, -0.25) is 9.36 Å². The molecule has 108 valence electrons. The van der Waals surface area contributed by atoms with Gasteiger partial charge in [-0.1, -0.05) is 0 Å². The van der Waals surface area contributed by atoms with Crippen molar-refractivity contribution in [2.75, 3.05) is 39.1 Å². The average molecular weight is 284 g/mol. The third kappa shape index (κ3) is 12.0. The minimum Gasteiger partial charge on any atom is -0.378 e. The zero-order valence-electron chi connectivity index (χ0n) is 10.4. The lowest BCUT2D eigenvalue weighted by Gasteiger charge is -2.09. The van der Waals surface area contributed by atoms with Gasteiger partial charge < -0.3 is 30.3 Å². The quantitative estimate of drug-likeness (QED) is 0.288. The zero-order valence-corrected chi connectivity index (χ0v) is 11.3. The molecule has 0 heterocycles. The second-order valence-electron chi connectivity index (χ2n) is 3.69. The highest BCUT2D eigenvalue weighted by Gasteiger charge is 2.11. The van der Waals surface area contributed by atoms with Crippen molar-refractivity contribution in [1.82, 2.24) is 5.32 Å². The molecule has 1 amide bonds.